The maximum Gasteiger partial charge on any atom is 0.0724 e. The molecule has 0 bridgehead atoms. The predicted molar refractivity (Wildman–Crippen MR) is 64.2 cm³/mol. The molecule has 0 aromatic heterocycles. The van der Waals surface area contributed by atoms with Crippen LogP contribution in [0.4, 0.5) is 0 Å². The topological polar surface area (TPSA) is 33.3 Å². The first-order valence-electron chi connectivity index (χ1n) is 6.27. The van der Waals surface area contributed by atoms with Gasteiger partial charge in [0.1, 0.15) is 0 Å². The molecule has 1 aliphatic carbocycles. The van der Waals surface area contributed by atoms with Gasteiger partial charge in [-0.05, 0) is 32.6 Å². The zero-order chi connectivity index (χ0) is 11.1. The van der Waals surface area contributed by atoms with Gasteiger partial charge in [-0.25, -0.2) is 0 Å². The summed E-state index contributed by atoms with van der Waals surface area (Å²) in [6.07, 6.45) is 5.42. The molecule has 0 saturated heterocycles. The highest BCUT2D eigenvalue weighted by Gasteiger charge is 2.25. The standard InChI is InChI=1S/C12H26N2O/c1-4-10(2)13-8-9-14-11-6-5-7-12(11)15-3/h10-14H,4-9H2,1-3H3. The Bertz CT molecular complexity index is 164. The van der Waals surface area contributed by atoms with Gasteiger partial charge in [0, 0.05) is 32.3 Å². The van der Waals surface area contributed by atoms with Gasteiger partial charge in [-0.3, -0.25) is 0 Å². The molecule has 0 aromatic carbocycles. The van der Waals surface area contributed by atoms with Gasteiger partial charge in [0.15, 0.2) is 0 Å². The molecule has 0 amide bonds. The smallest absolute Gasteiger partial charge is 0.0724 e. The summed E-state index contributed by atoms with van der Waals surface area (Å²) < 4.78 is 5.44. The molecule has 0 radical (unpaired) electrons. The van der Waals surface area contributed by atoms with Gasteiger partial charge in [0.25, 0.3) is 0 Å². The molecule has 3 unspecified atom stereocenters. The Balaban J connectivity index is 2.04. The molecule has 2 N–H and O–H groups in total. The van der Waals surface area contributed by atoms with Crippen LogP contribution in [0.1, 0.15) is 39.5 Å². The van der Waals surface area contributed by atoms with Crippen molar-refractivity contribution in [3.63, 3.8) is 0 Å². The van der Waals surface area contributed by atoms with Gasteiger partial charge in [-0.1, -0.05) is 6.92 Å². The fourth-order valence-electron chi connectivity index (χ4n) is 2.16. The van der Waals surface area contributed by atoms with E-state index >= 15 is 0 Å². The van der Waals surface area contributed by atoms with Crippen molar-refractivity contribution < 1.29 is 4.74 Å². The Hall–Kier alpha value is -0.120. The van der Waals surface area contributed by atoms with Crippen molar-refractivity contribution in [2.45, 2.75) is 57.7 Å². The summed E-state index contributed by atoms with van der Waals surface area (Å²) in [7, 11) is 1.82. The molecule has 3 nitrogen and oxygen atoms in total. The number of ether oxygens (including phenoxy) is 1. The first-order chi connectivity index (χ1) is 7.27. The summed E-state index contributed by atoms with van der Waals surface area (Å²) in [6, 6.07) is 1.21. The maximum absolute atomic E-state index is 5.44. The number of hydrogen-bond donors (Lipinski definition) is 2. The second kappa shape index (κ2) is 7.20. The van der Waals surface area contributed by atoms with Crippen molar-refractivity contribution in [2.24, 2.45) is 0 Å². The lowest BCUT2D eigenvalue weighted by Crippen LogP contribution is -2.41. The highest BCUT2D eigenvalue weighted by molar-refractivity contribution is 4.83. The molecule has 0 heterocycles. The van der Waals surface area contributed by atoms with Gasteiger partial charge in [-0.15, -0.1) is 0 Å². The average molecular weight is 214 g/mol. The first kappa shape index (κ1) is 12.9. The van der Waals surface area contributed by atoms with E-state index in [0.29, 0.717) is 18.2 Å². The summed E-state index contributed by atoms with van der Waals surface area (Å²) >= 11 is 0. The third-order valence-electron chi connectivity index (χ3n) is 3.39. The van der Waals surface area contributed by atoms with Crippen molar-refractivity contribution in [1.82, 2.24) is 10.6 Å². The van der Waals surface area contributed by atoms with Crippen LogP contribution >= 0.6 is 0 Å². The summed E-state index contributed by atoms with van der Waals surface area (Å²) in [5, 5.41) is 7.06. The van der Waals surface area contributed by atoms with Crippen molar-refractivity contribution in [2.75, 3.05) is 20.2 Å². The molecule has 3 atom stereocenters. The molecule has 0 spiro atoms. The van der Waals surface area contributed by atoms with E-state index in [1.807, 2.05) is 7.11 Å². The predicted octanol–water partition coefficient (Wildman–Crippen LogP) is 1.53. The van der Waals surface area contributed by atoms with E-state index < -0.39 is 0 Å². The van der Waals surface area contributed by atoms with Crippen LogP contribution in [-0.4, -0.2) is 38.4 Å². The van der Waals surface area contributed by atoms with Crippen molar-refractivity contribution in [3.05, 3.63) is 0 Å². The van der Waals surface area contributed by atoms with E-state index in [0.717, 1.165) is 13.1 Å². The third kappa shape index (κ3) is 4.49. The van der Waals surface area contributed by atoms with E-state index in [1.54, 1.807) is 0 Å². The lowest BCUT2D eigenvalue weighted by molar-refractivity contribution is 0.0854. The maximum atomic E-state index is 5.44. The Kier molecular flexibility index (Phi) is 6.22. The lowest BCUT2D eigenvalue weighted by Gasteiger charge is -2.20. The van der Waals surface area contributed by atoms with Crippen molar-refractivity contribution >= 4 is 0 Å². The average Bonchev–Trinajstić information content (AvgIpc) is 2.71. The molecule has 1 rings (SSSR count). The molecule has 90 valence electrons. The van der Waals surface area contributed by atoms with Crippen LogP contribution in [0, 0.1) is 0 Å². The Morgan fingerprint density at radius 2 is 2.13 bits per heavy atom. The molecule has 15 heavy (non-hydrogen) atoms. The van der Waals surface area contributed by atoms with E-state index in [9.17, 15) is 0 Å². The van der Waals surface area contributed by atoms with Crippen molar-refractivity contribution in [3.8, 4) is 0 Å². The van der Waals surface area contributed by atoms with E-state index in [2.05, 4.69) is 24.5 Å². The molecule has 3 heteroatoms. The van der Waals surface area contributed by atoms with E-state index in [-0.39, 0.29) is 0 Å². The van der Waals surface area contributed by atoms with Crippen LogP contribution < -0.4 is 10.6 Å². The molecular weight excluding hydrogens is 188 g/mol. The zero-order valence-corrected chi connectivity index (χ0v) is 10.4. The van der Waals surface area contributed by atoms with Crippen LogP contribution in [0.2, 0.25) is 0 Å². The van der Waals surface area contributed by atoms with Gasteiger partial charge in [-0.2, -0.15) is 0 Å². The van der Waals surface area contributed by atoms with Crippen LogP contribution in [0.5, 0.6) is 0 Å². The second-order valence-corrected chi connectivity index (χ2v) is 4.53. The Morgan fingerprint density at radius 3 is 2.80 bits per heavy atom. The monoisotopic (exact) mass is 214 g/mol. The second-order valence-electron chi connectivity index (χ2n) is 4.53. The number of rotatable bonds is 7. The zero-order valence-electron chi connectivity index (χ0n) is 10.4. The fourth-order valence-corrected chi connectivity index (χ4v) is 2.16. The van der Waals surface area contributed by atoms with E-state index in [1.165, 1.54) is 25.7 Å². The Labute approximate surface area is 94.0 Å². The number of hydrogen-bond acceptors (Lipinski definition) is 3. The summed E-state index contributed by atoms with van der Waals surface area (Å²) in [5.74, 6) is 0. The minimum atomic E-state index is 0.439. The summed E-state index contributed by atoms with van der Waals surface area (Å²) in [6.45, 7) is 6.55. The summed E-state index contributed by atoms with van der Waals surface area (Å²) in [5.41, 5.74) is 0. The van der Waals surface area contributed by atoms with Crippen molar-refractivity contribution in [1.29, 1.82) is 0 Å². The van der Waals surface area contributed by atoms with Gasteiger partial charge in [0.05, 0.1) is 6.10 Å². The van der Waals surface area contributed by atoms with Crippen LogP contribution in [0.25, 0.3) is 0 Å². The van der Waals surface area contributed by atoms with Crippen LogP contribution in [0.15, 0.2) is 0 Å². The van der Waals surface area contributed by atoms with E-state index in [4.69, 9.17) is 4.74 Å². The van der Waals surface area contributed by atoms with Gasteiger partial charge >= 0.3 is 0 Å². The molecule has 1 aliphatic rings. The lowest BCUT2D eigenvalue weighted by atomic mass is 10.2. The minimum absolute atomic E-state index is 0.439. The quantitative estimate of drug-likeness (QED) is 0.631. The third-order valence-corrected chi connectivity index (χ3v) is 3.39. The first-order valence-corrected chi connectivity index (χ1v) is 6.27. The van der Waals surface area contributed by atoms with Gasteiger partial charge < -0.3 is 15.4 Å². The van der Waals surface area contributed by atoms with Crippen LogP contribution in [-0.2, 0) is 4.74 Å². The number of methoxy groups -OCH3 is 1. The molecular formula is C12H26N2O. The minimum Gasteiger partial charge on any atom is -0.380 e. The largest absolute Gasteiger partial charge is 0.380 e. The number of nitrogens with one attached hydrogen (secondary N) is 2. The highest BCUT2D eigenvalue weighted by atomic mass is 16.5. The molecule has 0 aliphatic heterocycles. The van der Waals surface area contributed by atoms with Gasteiger partial charge in [0.2, 0.25) is 0 Å². The molecule has 1 fully saturated rings. The SMILES string of the molecule is CCC(C)NCCNC1CCCC1OC. The normalized spacial score (nSPS) is 28.2. The summed E-state index contributed by atoms with van der Waals surface area (Å²) in [4.78, 5) is 0. The Morgan fingerprint density at radius 1 is 1.33 bits per heavy atom. The van der Waals surface area contributed by atoms with Crippen LogP contribution in [0.3, 0.4) is 0 Å². The fraction of sp³-hybridized carbons (Fsp3) is 1.00. The highest BCUT2D eigenvalue weighted by Crippen LogP contribution is 2.20. The molecule has 0 aromatic rings. The molecule has 1 saturated carbocycles.